The average molecular weight is 168 g/mol. The Morgan fingerprint density at radius 3 is 2.33 bits per heavy atom. The lowest BCUT2D eigenvalue weighted by Crippen LogP contribution is -2.33. The van der Waals surface area contributed by atoms with Gasteiger partial charge < -0.3 is 5.11 Å². The van der Waals surface area contributed by atoms with Crippen LogP contribution in [0.1, 0.15) is 47.0 Å². The zero-order chi connectivity index (χ0) is 9.61. The molecule has 0 saturated carbocycles. The van der Waals surface area contributed by atoms with Gasteiger partial charge in [-0.2, -0.15) is 0 Å². The van der Waals surface area contributed by atoms with Crippen molar-refractivity contribution in [1.29, 1.82) is 0 Å². The second-order valence-electron chi connectivity index (χ2n) is 3.54. The van der Waals surface area contributed by atoms with Crippen molar-refractivity contribution in [2.45, 2.75) is 52.6 Å². The zero-order valence-electron chi connectivity index (χ0n) is 8.65. The van der Waals surface area contributed by atoms with E-state index in [1.165, 1.54) is 0 Å². The molecule has 0 bridgehead atoms. The molecule has 1 N–H and O–H groups in total. The molecule has 0 radical (unpaired) electrons. The van der Waals surface area contributed by atoms with Gasteiger partial charge in [0.15, 0.2) is 0 Å². The van der Waals surface area contributed by atoms with E-state index < -0.39 is 5.60 Å². The van der Waals surface area contributed by atoms with Crippen LogP contribution in [0.5, 0.6) is 0 Å². The van der Waals surface area contributed by atoms with Crippen LogP contribution >= 0.6 is 0 Å². The van der Waals surface area contributed by atoms with E-state index in [1.54, 1.807) is 0 Å². The van der Waals surface area contributed by atoms with Gasteiger partial charge in [-0.1, -0.05) is 20.8 Å². The summed E-state index contributed by atoms with van der Waals surface area (Å²) in [5.41, 5.74) is -0.510. The Bertz CT molecular complexity index is 173. The Balaban J connectivity index is 4.02. The Labute approximate surface area is 76.2 Å². The smallest absolute Gasteiger partial charge is 0.0677 e. The SMILES string of the molecule is CC#CCCC(O)(CC)C(C)C. The Morgan fingerprint density at radius 2 is 2.00 bits per heavy atom. The van der Waals surface area contributed by atoms with Crippen molar-refractivity contribution in [3.63, 3.8) is 0 Å². The van der Waals surface area contributed by atoms with E-state index in [4.69, 9.17) is 0 Å². The predicted octanol–water partition coefficient (Wildman–Crippen LogP) is 2.59. The minimum Gasteiger partial charge on any atom is -0.390 e. The van der Waals surface area contributed by atoms with Crippen LogP contribution in [-0.2, 0) is 0 Å². The molecule has 0 aliphatic heterocycles. The summed E-state index contributed by atoms with van der Waals surface area (Å²) in [5, 5.41) is 10.1. The first-order chi connectivity index (χ1) is 5.56. The van der Waals surface area contributed by atoms with Gasteiger partial charge in [-0.15, -0.1) is 11.8 Å². The maximum absolute atomic E-state index is 10.1. The fourth-order valence-corrected chi connectivity index (χ4v) is 1.28. The minimum atomic E-state index is -0.510. The van der Waals surface area contributed by atoms with Gasteiger partial charge in [0.05, 0.1) is 5.60 Å². The molecule has 0 spiro atoms. The van der Waals surface area contributed by atoms with Crippen LogP contribution in [0.4, 0.5) is 0 Å². The largest absolute Gasteiger partial charge is 0.390 e. The highest BCUT2D eigenvalue weighted by molar-refractivity contribution is 4.97. The molecule has 0 fully saturated rings. The summed E-state index contributed by atoms with van der Waals surface area (Å²) < 4.78 is 0. The van der Waals surface area contributed by atoms with E-state index in [0.717, 1.165) is 19.3 Å². The molecule has 0 aromatic rings. The van der Waals surface area contributed by atoms with Crippen LogP contribution in [0.2, 0.25) is 0 Å². The van der Waals surface area contributed by atoms with E-state index in [1.807, 2.05) is 13.8 Å². The first kappa shape index (κ1) is 11.5. The third-order valence-electron chi connectivity index (χ3n) is 2.55. The third-order valence-corrected chi connectivity index (χ3v) is 2.55. The van der Waals surface area contributed by atoms with Crippen molar-refractivity contribution in [2.24, 2.45) is 5.92 Å². The zero-order valence-corrected chi connectivity index (χ0v) is 8.65. The van der Waals surface area contributed by atoms with Gasteiger partial charge >= 0.3 is 0 Å². The van der Waals surface area contributed by atoms with Crippen LogP contribution < -0.4 is 0 Å². The first-order valence-electron chi connectivity index (χ1n) is 4.68. The first-order valence-corrected chi connectivity index (χ1v) is 4.68. The van der Waals surface area contributed by atoms with E-state index >= 15 is 0 Å². The molecular formula is C11H20O. The van der Waals surface area contributed by atoms with Gasteiger partial charge in [0.25, 0.3) is 0 Å². The second kappa shape index (κ2) is 5.22. The van der Waals surface area contributed by atoms with Crippen molar-refractivity contribution in [2.75, 3.05) is 0 Å². The van der Waals surface area contributed by atoms with Crippen LogP contribution in [0.3, 0.4) is 0 Å². The van der Waals surface area contributed by atoms with Crippen LogP contribution in [0.25, 0.3) is 0 Å². The second-order valence-corrected chi connectivity index (χ2v) is 3.54. The molecule has 0 amide bonds. The maximum atomic E-state index is 10.1. The molecule has 1 heteroatoms. The van der Waals surface area contributed by atoms with Gasteiger partial charge in [0.2, 0.25) is 0 Å². The Kier molecular flexibility index (Phi) is 5.01. The van der Waals surface area contributed by atoms with Crippen LogP contribution in [0, 0.1) is 17.8 Å². The van der Waals surface area contributed by atoms with E-state index in [0.29, 0.717) is 5.92 Å². The van der Waals surface area contributed by atoms with Crippen molar-refractivity contribution in [3.05, 3.63) is 0 Å². The van der Waals surface area contributed by atoms with E-state index in [2.05, 4.69) is 25.7 Å². The van der Waals surface area contributed by atoms with Crippen LogP contribution in [-0.4, -0.2) is 10.7 Å². The van der Waals surface area contributed by atoms with E-state index in [-0.39, 0.29) is 0 Å². The van der Waals surface area contributed by atoms with Crippen molar-refractivity contribution < 1.29 is 5.11 Å². The number of hydrogen-bond acceptors (Lipinski definition) is 1. The lowest BCUT2D eigenvalue weighted by Gasteiger charge is -2.30. The molecule has 1 atom stereocenters. The molecule has 1 nitrogen and oxygen atoms in total. The van der Waals surface area contributed by atoms with Crippen molar-refractivity contribution >= 4 is 0 Å². The molecule has 1 unspecified atom stereocenters. The van der Waals surface area contributed by atoms with Gasteiger partial charge in [0.1, 0.15) is 0 Å². The maximum Gasteiger partial charge on any atom is 0.0677 e. The Morgan fingerprint density at radius 1 is 1.42 bits per heavy atom. The lowest BCUT2D eigenvalue weighted by molar-refractivity contribution is -0.0151. The molecule has 70 valence electrons. The highest BCUT2D eigenvalue weighted by Gasteiger charge is 2.27. The standard InChI is InChI=1S/C11H20O/c1-5-7-8-9-11(12,6-2)10(3)4/h10,12H,6,8-9H2,1-4H3. The number of rotatable bonds is 4. The molecule has 0 rings (SSSR count). The monoisotopic (exact) mass is 168 g/mol. The molecule has 0 saturated heterocycles. The van der Waals surface area contributed by atoms with E-state index in [9.17, 15) is 5.11 Å². The molecule has 0 heterocycles. The summed E-state index contributed by atoms with van der Waals surface area (Å²) in [6.45, 7) is 7.98. The van der Waals surface area contributed by atoms with Crippen LogP contribution in [0.15, 0.2) is 0 Å². The molecule has 0 aliphatic carbocycles. The molecule has 0 aromatic carbocycles. The normalized spacial score (nSPS) is 15.2. The number of aliphatic hydroxyl groups is 1. The average Bonchev–Trinajstić information content (AvgIpc) is 2.04. The van der Waals surface area contributed by atoms with Gasteiger partial charge in [0, 0.05) is 6.42 Å². The van der Waals surface area contributed by atoms with Crippen molar-refractivity contribution in [3.8, 4) is 11.8 Å². The highest BCUT2D eigenvalue weighted by atomic mass is 16.3. The fraction of sp³-hybridized carbons (Fsp3) is 0.818. The summed E-state index contributed by atoms with van der Waals surface area (Å²) in [6, 6.07) is 0. The molecule has 12 heavy (non-hydrogen) atoms. The quantitative estimate of drug-likeness (QED) is 0.640. The summed E-state index contributed by atoms with van der Waals surface area (Å²) in [6.07, 6.45) is 2.41. The number of hydrogen-bond donors (Lipinski definition) is 1. The molecule has 0 aromatic heterocycles. The highest BCUT2D eigenvalue weighted by Crippen LogP contribution is 2.25. The summed E-state index contributed by atoms with van der Waals surface area (Å²) in [5.74, 6) is 6.15. The topological polar surface area (TPSA) is 20.2 Å². The van der Waals surface area contributed by atoms with Gasteiger partial charge in [-0.25, -0.2) is 0 Å². The third kappa shape index (κ3) is 3.28. The predicted molar refractivity (Wildman–Crippen MR) is 52.8 cm³/mol. The minimum absolute atomic E-state index is 0.321. The summed E-state index contributed by atoms with van der Waals surface area (Å²) >= 11 is 0. The lowest BCUT2D eigenvalue weighted by atomic mass is 9.84. The summed E-state index contributed by atoms with van der Waals surface area (Å²) in [4.78, 5) is 0. The van der Waals surface area contributed by atoms with Gasteiger partial charge in [-0.05, 0) is 25.7 Å². The Hall–Kier alpha value is -0.480. The fourth-order valence-electron chi connectivity index (χ4n) is 1.28. The van der Waals surface area contributed by atoms with Gasteiger partial charge in [-0.3, -0.25) is 0 Å². The molecular weight excluding hydrogens is 148 g/mol. The molecule has 0 aliphatic rings. The summed E-state index contributed by atoms with van der Waals surface area (Å²) in [7, 11) is 0. The van der Waals surface area contributed by atoms with Crippen molar-refractivity contribution in [1.82, 2.24) is 0 Å².